The predicted octanol–water partition coefficient (Wildman–Crippen LogP) is 2.90. The molecule has 5 heteroatoms. The lowest BCUT2D eigenvalue weighted by Crippen LogP contribution is -2.03. The summed E-state index contributed by atoms with van der Waals surface area (Å²) in [6.45, 7) is 5.98. The van der Waals surface area contributed by atoms with Gasteiger partial charge in [0.05, 0.1) is 5.69 Å². The number of nitrogens with zero attached hydrogens (tertiary/aromatic N) is 2. The summed E-state index contributed by atoms with van der Waals surface area (Å²) in [6, 6.07) is 0.0531. The van der Waals surface area contributed by atoms with Gasteiger partial charge in [0, 0.05) is 22.0 Å². The molecule has 3 nitrogen and oxygen atoms in total. The first-order valence-corrected chi connectivity index (χ1v) is 6.43. The molecule has 1 atom stereocenters. The number of hydrogen-bond acceptors (Lipinski definition) is 5. The first-order valence-electron chi connectivity index (χ1n) is 4.73. The van der Waals surface area contributed by atoms with Crippen molar-refractivity contribution in [1.29, 1.82) is 0 Å². The third-order valence-electron chi connectivity index (χ3n) is 2.05. The number of hydrogen-bond donors (Lipinski definition) is 1. The van der Waals surface area contributed by atoms with Gasteiger partial charge >= 0.3 is 0 Å². The van der Waals surface area contributed by atoms with E-state index < -0.39 is 0 Å². The zero-order valence-electron chi connectivity index (χ0n) is 8.94. The Hall–Kier alpha value is -0.780. The van der Waals surface area contributed by atoms with Crippen LogP contribution in [0.1, 0.15) is 29.2 Å². The molecule has 2 heterocycles. The number of rotatable bonds is 2. The molecule has 0 aliphatic rings. The maximum Gasteiger partial charge on any atom is 0.152 e. The molecule has 2 N–H and O–H groups in total. The highest BCUT2D eigenvalue weighted by Gasteiger charge is 2.14. The van der Waals surface area contributed by atoms with Crippen LogP contribution in [0.3, 0.4) is 0 Å². The third kappa shape index (κ3) is 2.09. The van der Waals surface area contributed by atoms with E-state index in [0.717, 1.165) is 26.3 Å². The lowest BCUT2D eigenvalue weighted by atomic mass is 10.2. The van der Waals surface area contributed by atoms with Crippen molar-refractivity contribution in [2.45, 2.75) is 26.8 Å². The molecule has 0 amide bonds. The molecule has 1 unspecified atom stereocenters. The minimum atomic E-state index is 0.0531. The first kappa shape index (κ1) is 10.7. The van der Waals surface area contributed by atoms with Gasteiger partial charge in [-0.1, -0.05) is 0 Å². The summed E-state index contributed by atoms with van der Waals surface area (Å²) >= 11 is 3.28. The first-order chi connectivity index (χ1) is 7.08. The van der Waals surface area contributed by atoms with E-state index in [1.165, 1.54) is 0 Å². The normalized spacial score (nSPS) is 13.1. The van der Waals surface area contributed by atoms with Gasteiger partial charge < -0.3 is 5.73 Å². The third-order valence-corrected chi connectivity index (χ3v) is 4.51. The van der Waals surface area contributed by atoms with Gasteiger partial charge in [-0.05, 0) is 20.8 Å². The monoisotopic (exact) mass is 239 g/mol. The molecule has 80 valence electrons. The van der Waals surface area contributed by atoms with Crippen LogP contribution in [0.4, 0.5) is 0 Å². The van der Waals surface area contributed by atoms with Crippen LogP contribution >= 0.6 is 22.7 Å². The predicted molar refractivity (Wildman–Crippen MR) is 65.3 cm³/mol. The quantitative estimate of drug-likeness (QED) is 0.876. The van der Waals surface area contributed by atoms with Gasteiger partial charge in [-0.3, -0.25) is 0 Å². The highest BCUT2D eigenvalue weighted by Crippen LogP contribution is 2.32. The molecule has 2 rings (SSSR count). The number of thiazole rings is 2. The molecule has 0 saturated carbocycles. The lowest BCUT2D eigenvalue weighted by Gasteiger charge is -1.99. The fraction of sp³-hybridized carbons (Fsp3) is 0.400. The van der Waals surface area contributed by atoms with E-state index in [1.807, 2.05) is 26.2 Å². The summed E-state index contributed by atoms with van der Waals surface area (Å²) in [6.07, 6.45) is 0. The topological polar surface area (TPSA) is 51.8 Å². The van der Waals surface area contributed by atoms with Crippen LogP contribution in [0.15, 0.2) is 5.38 Å². The number of aryl methyl sites for hydroxylation is 2. The minimum Gasteiger partial charge on any atom is -0.323 e. The molecule has 0 bridgehead atoms. The van der Waals surface area contributed by atoms with Crippen molar-refractivity contribution in [3.05, 3.63) is 21.6 Å². The molecule has 0 aromatic carbocycles. The second kappa shape index (κ2) is 4.00. The molecule has 2 aromatic heterocycles. The van der Waals surface area contributed by atoms with Crippen molar-refractivity contribution < 1.29 is 0 Å². The van der Waals surface area contributed by atoms with Gasteiger partial charge in [-0.2, -0.15) is 0 Å². The second-order valence-corrected chi connectivity index (χ2v) is 5.44. The summed E-state index contributed by atoms with van der Waals surface area (Å²) in [7, 11) is 0. The van der Waals surface area contributed by atoms with Crippen LogP contribution in [0.5, 0.6) is 0 Å². The fourth-order valence-corrected chi connectivity index (χ4v) is 3.22. The zero-order chi connectivity index (χ0) is 11.0. The van der Waals surface area contributed by atoms with Gasteiger partial charge in [0.15, 0.2) is 10.0 Å². The Kier molecular flexibility index (Phi) is 2.86. The smallest absolute Gasteiger partial charge is 0.152 e. The van der Waals surface area contributed by atoms with Crippen LogP contribution in [0.2, 0.25) is 0 Å². The largest absolute Gasteiger partial charge is 0.323 e. The zero-order valence-corrected chi connectivity index (χ0v) is 10.6. The molecule has 0 spiro atoms. The molecular weight excluding hydrogens is 226 g/mol. The molecule has 15 heavy (non-hydrogen) atoms. The Morgan fingerprint density at radius 3 is 2.47 bits per heavy atom. The molecule has 0 radical (unpaired) electrons. The van der Waals surface area contributed by atoms with E-state index >= 15 is 0 Å². The second-order valence-electron chi connectivity index (χ2n) is 3.55. The molecule has 0 aliphatic heterocycles. The Balaban J connectivity index is 2.42. The van der Waals surface area contributed by atoms with Gasteiger partial charge in [0.2, 0.25) is 0 Å². The van der Waals surface area contributed by atoms with Crippen LogP contribution in [-0.4, -0.2) is 9.97 Å². The number of nitrogens with two attached hydrogens (primary N) is 1. The summed E-state index contributed by atoms with van der Waals surface area (Å²) < 4.78 is 0. The summed E-state index contributed by atoms with van der Waals surface area (Å²) in [5.41, 5.74) is 7.94. The average Bonchev–Trinajstić information content (AvgIpc) is 2.71. The Labute approximate surface area is 97.0 Å². The van der Waals surface area contributed by atoms with E-state index in [1.54, 1.807) is 22.7 Å². The van der Waals surface area contributed by atoms with Crippen molar-refractivity contribution >= 4 is 22.7 Å². The van der Waals surface area contributed by atoms with E-state index in [-0.39, 0.29) is 6.04 Å². The molecule has 0 saturated heterocycles. The van der Waals surface area contributed by atoms with E-state index in [4.69, 9.17) is 5.73 Å². The van der Waals surface area contributed by atoms with Crippen molar-refractivity contribution in [1.82, 2.24) is 9.97 Å². The molecule has 0 aliphatic carbocycles. The van der Waals surface area contributed by atoms with Crippen LogP contribution in [0, 0.1) is 13.8 Å². The average molecular weight is 239 g/mol. The lowest BCUT2D eigenvalue weighted by molar-refractivity contribution is 0.825. The van der Waals surface area contributed by atoms with E-state index in [9.17, 15) is 0 Å². The highest BCUT2D eigenvalue weighted by molar-refractivity contribution is 7.20. The van der Waals surface area contributed by atoms with E-state index in [0.29, 0.717) is 0 Å². The van der Waals surface area contributed by atoms with Crippen molar-refractivity contribution in [2.24, 2.45) is 5.73 Å². The Morgan fingerprint density at radius 2 is 2.00 bits per heavy atom. The fourth-order valence-electron chi connectivity index (χ4n) is 1.37. The van der Waals surface area contributed by atoms with Crippen LogP contribution in [0.25, 0.3) is 10.0 Å². The maximum absolute atomic E-state index is 5.86. The number of aromatic nitrogens is 2. The summed E-state index contributed by atoms with van der Waals surface area (Å²) in [4.78, 5) is 10.1. The van der Waals surface area contributed by atoms with Crippen LogP contribution in [-0.2, 0) is 0 Å². The SMILES string of the molecule is Cc1csc(-c2nc(C)c(C(C)N)s2)n1. The van der Waals surface area contributed by atoms with Gasteiger partial charge in [-0.25, -0.2) is 9.97 Å². The maximum atomic E-state index is 5.86. The highest BCUT2D eigenvalue weighted by atomic mass is 32.1. The van der Waals surface area contributed by atoms with E-state index in [2.05, 4.69) is 9.97 Å². The molecule has 2 aromatic rings. The van der Waals surface area contributed by atoms with Crippen molar-refractivity contribution in [3.8, 4) is 10.0 Å². The van der Waals surface area contributed by atoms with Gasteiger partial charge in [0.25, 0.3) is 0 Å². The summed E-state index contributed by atoms with van der Waals surface area (Å²) in [5.74, 6) is 0. The van der Waals surface area contributed by atoms with Crippen LogP contribution < -0.4 is 5.73 Å². The standard InChI is InChI=1S/C10H13N3S2/c1-5-4-14-9(12-5)10-13-7(3)8(15-10)6(2)11/h4,6H,11H2,1-3H3. The van der Waals surface area contributed by atoms with Crippen molar-refractivity contribution in [2.75, 3.05) is 0 Å². The van der Waals surface area contributed by atoms with Gasteiger partial charge in [0.1, 0.15) is 0 Å². The Morgan fingerprint density at radius 1 is 1.27 bits per heavy atom. The molecular formula is C10H13N3S2. The summed E-state index contributed by atoms with van der Waals surface area (Å²) in [5, 5.41) is 4.02. The van der Waals surface area contributed by atoms with Crippen molar-refractivity contribution in [3.63, 3.8) is 0 Å². The Bertz CT molecular complexity index is 471. The minimum absolute atomic E-state index is 0.0531. The van der Waals surface area contributed by atoms with Gasteiger partial charge in [-0.15, -0.1) is 22.7 Å². The molecule has 0 fully saturated rings.